The molecule has 1 heterocycles. The first-order chi connectivity index (χ1) is 8.54. The van der Waals surface area contributed by atoms with E-state index in [2.05, 4.69) is 10.6 Å². The van der Waals surface area contributed by atoms with Gasteiger partial charge in [0.1, 0.15) is 0 Å². The van der Waals surface area contributed by atoms with Crippen molar-refractivity contribution in [1.82, 2.24) is 0 Å². The molecule has 1 atom stereocenters. The molecule has 0 saturated carbocycles. The first-order valence-corrected chi connectivity index (χ1v) is 6.03. The lowest BCUT2D eigenvalue weighted by Crippen LogP contribution is -2.24. The summed E-state index contributed by atoms with van der Waals surface area (Å²) in [6.07, 6.45) is 1.50. The lowest BCUT2D eigenvalue weighted by atomic mass is 10.0. The number of hydrogen-bond acceptors (Lipinski definition) is 3. The van der Waals surface area contributed by atoms with E-state index in [1.54, 1.807) is 13.0 Å². The van der Waals surface area contributed by atoms with Gasteiger partial charge in [-0.1, -0.05) is 0 Å². The normalized spacial score (nSPS) is 15.6. The van der Waals surface area contributed by atoms with E-state index >= 15 is 0 Å². The van der Waals surface area contributed by atoms with E-state index in [1.165, 1.54) is 0 Å². The zero-order chi connectivity index (χ0) is 13.1. The molecule has 18 heavy (non-hydrogen) atoms. The molecular formula is C13H17N3O2. The first kappa shape index (κ1) is 12.6. The number of amides is 2. The molecule has 5 heteroatoms. The van der Waals surface area contributed by atoms with Crippen LogP contribution in [-0.2, 0) is 16.0 Å². The van der Waals surface area contributed by atoms with Crippen LogP contribution in [0.15, 0.2) is 18.2 Å². The summed E-state index contributed by atoms with van der Waals surface area (Å²) in [5.41, 5.74) is 8.19. The molecule has 1 unspecified atom stereocenters. The molecule has 0 saturated heterocycles. The van der Waals surface area contributed by atoms with Gasteiger partial charge in [-0.15, -0.1) is 0 Å². The minimum Gasteiger partial charge on any atom is -0.327 e. The molecule has 96 valence electrons. The second-order valence-corrected chi connectivity index (χ2v) is 4.65. The van der Waals surface area contributed by atoms with Gasteiger partial charge in [0.15, 0.2) is 0 Å². The van der Waals surface area contributed by atoms with Crippen LogP contribution >= 0.6 is 0 Å². The van der Waals surface area contributed by atoms with Gasteiger partial charge in [0.05, 0.1) is 0 Å². The fourth-order valence-electron chi connectivity index (χ4n) is 1.97. The molecule has 0 spiro atoms. The van der Waals surface area contributed by atoms with Crippen molar-refractivity contribution >= 4 is 23.2 Å². The Morgan fingerprint density at radius 1 is 1.50 bits per heavy atom. The number of anilines is 2. The summed E-state index contributed by atoms with van der Waals surface area (Å²) in [5.74, 6) is -0.0546. The highest BCUT2D eigenvalue weighted by molar-refractivity contribution is 5.95. The topological polar surface area (TPSA) is 84.2 Å². The van der Waals surface area contributed by atoms with E-state index in [0.29, 0.717) is 19.3 Å². The third-order valence-corrected chi connectivity index (χ3v) is 2.79. The van der Waals surface area contributed by atoms with Gasteiger partial charge in [-0.2, -0.15) is 0 Å². The smallest absolute Gasteiger partial charge is 0.225 e. The van der Waals surface area contributed by atoms with E-state index in [-0.39, 0.29) is 17.9 Å². The highest BCUT2D eigenvalue weighted by Gasteiger charge is 2.15. The Bertz CT molecular complexity index is 483. The van der Waals surface area contributed by atoms with Gasteiger partial charge in [-0.3, -0.25) is 9.59 Å². The zero-order valence-corrected chi connectivity index (χ0v) is 10.3. The fraction of sp³-hybridized carbons (Fsp3) is 0.385. The van der Waals surface area contributed by atoms with E-state index in [9.17, 15) is 9.59 Å². The molecular weight excluding hydrogens is 230 g/mol. The Balaban J connectivity index is 2.07. The second kappa shape index (κ2) is 5.18. The van der Waals surface area contributed by atoms with Crippen molar-refractivity contribution in [3.8, 4) is 0 Å². The fourth-order valence-corrected chi connectivity index (χ4v) is 1.97. The monoisotopic (exact) mass is 247 g/mol. The number of benzene rings is 1. The molecule has 0 aliphatic carbocycles. The maximum Gasteiger partial charge on any atom is 0.225 e. The number of hydrogen-bond donors (Lipinski definition) is 3. The van der Waals surface area contributed by atoms with E-state index in [4.69, 9.17) is 5.73 Å². The van der Waals surface area contributed by atoms with Crippen LogP contribution in [0.2, 0.25) is 0 Å². The molecule has 1 aromatic carbocycles. The quantitative estimate of drug-likeness (QED) is 0.751. The molecule has 1 aliphatic rings. The average molecular weight is 247 g/mol. The summed E-state index contributed by atoms with van der Waals surface area (Å²) >= 11 is 0. The lowest BCUT2D eigenvalue weighted by Gasteiger charge is -2.17. The van der Waals surface area contributed by atoms with E-state index in [1.807, 2.05) is 12.1 Å². The Morgan fingerprint density at radius 2 is 2.28 bits per heavy atom. The molecule has 0 bridgehead atoms. The average Bonchev–Trinajstić information content (AvgIpc) is 2.28. The largest absolute Gasteiger partial charge is 0.327 e. The highest BCUT2D eigenvalue weighted by Crippen LogP contribution is 2.25. The van der Waals surface area contributed by atoms with Crippen LogP contribution in [0, 0.1) is 0 Å². The Morgan fingerprint density at radius 3 is 3.00 bits per heavy atom. The van der Waals surface area contributed by atoms with Crippen molar-refractivity contribution < 1.29 is 9.59 Å². The number of rotatable bonds is 3. The number of carbonyl (C=O) groups excluding carboxylic acids is 2. The highest BCUT2D eigenvalue weighted by atomic mass is 16.2. The summed E-state index contributed by atoms with van der Waals surface area (Å²) in [4.78, 5) is 22.8. The predicted octanol–water partition coefficient (Wildman–Crippen LogP) is 1.25. The molecule has 4 N–H and O–H groups in total. The maximum atomic E-state index is 11.6. The number of aryl methyl sites for hydroxylation is 1. The van der Waals surface area contributed by atoms with Crippen LogP contribution in [-0.4, -0.2) is 17.9 Å². The maximum absolute atomic E-state index is 11.6. The third-order valence-electron chi connectivity index (χ3n) is 2.79. The molecule has 0 radical (unpaired) electrons. The second-order valence-electron chi connectivity index (χ2n) is 4.65. The van der Waals surface area contributed by atoms with Crippen LogP contribution in [0.5, 0.6) is 0 Å². The van der Waals surface area contributed by atoms with Gasteiger partial charge in [-0.25, -0.2) is 0 Å². The van der Waals surface area contributed by atoms with Crippen molar-refractivity contribution in [3.63, 3.8) is 0 Å². The van der Waals surface area contributed by atoms with Gasteiger partial charge >= 0.3 is 0 Å². The van der Waals surface area contributed by atoms with Gasteiger partial charge in [0, 0.05) is 30.3 Å². The molecule has 5 nitrogen and oxygen atoms in total. The molecule has 1 aromatic rings. The third kappa shape index (κ3) is 3.07. The molecule has 2 amide bonds. The standard InChI is InChI=1S/C13H17N3O2/c1-8(14)6-13(18)15-10-3-4-11-9(7-10)2-5-12(17)16-11/h3-4,7-8H,2,5-6,14H2,1H3,(H,15,18)(H,16,17). The first-order valence-electron chi connectivity index (χ1n) is 6.03. The van der Waals surface area contributed by atoms with Crippen molar-refractivity contribution in [2.24, 2.45) is 5.73 Å². The minimum atomic E-state index is -0.151. The van der Waals surface area contributed by atoms with Crippen LogP contribution in [0.3, 0.4) is 0 Å². The predicted molar refractivity (Wildman–Crippen MR) is 70.3 cm³/mol. The van der Waals surface area contributed by atoms with Crippen molar-refractivity contribution in [1.29, 1.82) is 0 Å². The van der Waals surface area contributed by atoms with Gasteiger partial charge in [-0.05, 0) is 37.1 Å². The van der Waals surface area contributed by atoms with Gasteiger partial charge in [0.2, 0.25) is 11.8 Å². The Kier molecular flexibility index (Phi) is 3.62. The van der Waals surface area contributed by atoms with Gasteiger partial charge < -0.3 is 16.4 Å². The van der Waals surface area contributed by atoms with Gasteiger partial charge in [0.25, 0.3) is 0 Å². The van der Waals surface area contributed by atoms with Crippen molar-refractivity contribution in [2.45, 2.75) is 32.2 Å². The molecule has 0 fully saturated rings. The van der Waals surface area contributed by atoms with E-state index < -0.39 is 0 Å². The Labute approximate surface area is 106 Å². The van der Waals surface area contributed by atoms with Crippen LogP contribution in [0.1, 0.15) is 25.3 Å². The molecule has 0 aromatic heterocycles. The molecule has 1 aliphatic heterocycles. The Hall–Kier alpha value is -1.88. The van der Waals surface area contributed by atoms with Crippen LogP contribution < -0.4 is 16.4 Å². The van der Waals surface area contributed by atoms with Crippen LogP contribution in [0.25, 0.3) is 0 Å². The minimum absolute atomic E-state index is 0.0382. The van der Waals surface area contributed by atoms with Crippen LogP contribution in [0.4, 0.5) is 11.4 Å². The summed E-state index contributed by atoms with van der Waals surface area (Å²) in [5, 5.41) is 5.60. The summed E-state index contributed by atoms with van der Waals surface area (Å²) in [6, 6.07) is 5.34. The van der Waals surface area contributed by atoms with Crippen molar-refractivity contribution in [3.05, 3.63) is 23.8 Å². The number of nitrogens with one attached hydrogen (secondary N) is 2. The zero-order valence-electron chi connectivity index (χ0n) is 10.3. The number of nitrogens with two attached hydrogens (primary N) is 1. The van der Waals surface area contributed by atoms with Crippen molar-refractivity contribution in [2.75, 3.05) is 10.6 Å². The molecule has 2 rings (SSSR count). The van der Waals surface area contributed by atoms with E-state index in [0.717, 1.165) is 16.9 Å². The number of fused-ring (bicyclic) bond motifs is 1. The SMILES string of the molecule is CC(N)CC(=O)Nc1ccc2c(c1)CCC(=O)N2. The summed E-state index contributed by atoms with van der Waals surface area (Å²) < 4.78 is 0. The lowest BCUT2D eigenvalue weighted by molar-refractivity contribution is -0.117. The number of carbonyl (C=O) groups is 2. The summed E-state index contributed by atoms with van der Waals surface area (Å²) in [6.45, 7) is 1.79. The summed E-state index contributed by atoms with van der Waals surface area (Å²) in [7, 11) is 0.